The molecule has 2 aromatic rings. The molecule has 2 aromatic heterocycles. The van der Waals surface area contributed by atoms with Crippen molar-refractivity contribution < 1.29 is 4.52 Å². The van der Waals surface area contributed by atoms with E-state index in [1.807, 2.05) is 13.0 Å². The minimum atomic E-state index is 0.621. The van der Waals surface area contributed by atoms with Crippen LogP contribution in [0, 0.1) is 0 Å². The van der Waals surface area contributed by atoms with Crippen LogP contribution >= 0.6 is 34.5 Å². The molecule has 6 heteroatoms. The molecule has 0 aliphatic heterocycles. The van der Waals surface area contributed by atoms with Gasteiger partial charge in [-0.1, -0.05) is 35.3 Å². The van der Waals surface area contributed by atoms with E-state index in [1.54, 1.807) is 6.07 Å². The summed E-state index contributed by atoms with van der Waals surface area (Å²) in [5, 5.41) is 7.12. The Morgan fingerprint density at radius 1 is 1.44 bits per heavy atom. The highest BCUT2D eigenvalue weighted by molar-refractivity contribution is 7.20. The van der Waals surface area contributed by atoms with Gasteiger partial charge in [0.05, 0.1) is 15.6 Å². The molecule has 16 heavy (non-hydrogen) atoms. The van der Waals surface area contributed by atoms with Gasteiger partial charge in [0.25, 0.3) is 0 Å². The lowest BCUT2D eigenvalue weighted by molar-refractivity contribution is 0.420. The van der Waals surface area contributed by atoms with E-state index in [0.717, 1.165) is 17.8 Å². The van der Waals surface area contributed by atoms with E-state index < -0.39 is 0 Å². The maximum Gasteiger partial charge on any atom is 0.169 e. The lowest BCUT2D eigenvalue weighted by Gasteiger charge is -1.93. The van der Waals surface area contributed by atoms with Crippen LogP contribution in [0.4, 0.5) is 0 Å². The molecule has 0 aliphatic carbocycles. The van der Waals surface area contributed by atoms with Crippen LogP contribution in [0.15, 0.2) is 16.7 Å². The molecule has 0 aliphatic rings. The van der Waals surface area contributed by atoms with Gasteiger partial charge in [-0.2, -0.15) is 0 Å². The summed E-state index contributed by atoms with van der Waals surface area (Å²) in [6.07, 6.45) is 0. The maximum atomic E-state index is 6.02. The van der Waals surface area contributed by atoms with Crippen LogP contribution in [0.5, 0.6) is 0 Å². The Bertz CT molecular complexity index is 481. The third-order valence-electron chi connectivity index (χ3n) is 2.04. The molecule has 0 fully saturated rings. The Kier molecular flexibility index (Phi) is 3.86. The number of thiophene rings is 1. The second-order valence-electron chi connectivity index (χ2n) is 3.20. The normalized spacial score (nSPS) is 10.9. The van der Waals surface area contributed by atoms with Gasteiger partial charge in [0, 0.05) is 12.6 Å². The van der Waals surface area contributed by atoms with E-state index in [2.05, 4.69) is 10.5 Å². The molecule has 0 atom stereocenters. The van der Waals surface area contributed by atoms with Gasteiger partial charge in [-0.15, -0.1) is 11.3 Å². The Balaban J connectivity index is 2.21. The second kappa shape index (κ2) is 5.19. The average Bonchev–Trinajstić information content (AvgIpc) is 2.82. The molecule has 0 amide bonds. The number of rotatable bonds is 4. The first-order valence-corrected chi connectivity index (χ1v) is 6.39. The Morgan fingerprint density at radius 2 is 2.25 bits per heavy atom. The fraction of sp³-hybridized carbons (Fsp3) is 0.300. The monoisotopic (exact) mass is 276 g/mol. The van der Waals surface area contributed by atoms with E-state index >= 15 is 0 Å². The first-order chi connectivity index (χ1) is 7.70. The van der Waals surface area contributed by atoms with Gasteiger partial charge in [-0.3, -0.25) is 0 Å². The Labute approximate surface area is 107 Å². The van der Waals surface area contributed by atoms with Gasteiger partial charge in [-0.25, -0.2) is 0 Å². The molecule has 0 saturated carbocycles. The lowest BCUT2D eigenvalue weighted by atomic mass is 10.2. The van der Waals surface area contributed by atoms with Gasteiger partial charge in [-0.05, 0) is 12.6 Å². The number of hydrogen-bond acceptors (Lipinski definition) is 4. The minimum absolute atomic E-state index is 0.621. The molecule has 3 nitrogen and oxygen atoms in total. The minimum Gasteiger partial charge on any atom is -0.356 e. The lowest BCUT2D eigenvalue weighted by Crippen LogP contribution is -2.11. The van der Waals surface area contributed by atoms with Crippen LogP contribution in [-0.4, -0.2) is 11.7 Å². The number of nitrogens with zero attached hydrogens (tertiary/aromatic N) is 1. The average molecular weight is 277 g/mol. The molecule has 0 spiro atoms. The van der Waals surface area contributed by atoms with Crippen molar-refractivity contribution in [3.05, 3.63) is 26.5 Å². The molecule has 0 radical (unpaired) electrons. The van der Waals surface area contributed by atoms with Crippen molar-refractivity contribution in [2.45, 2.75) is 13.5 Å². The third-order valence-corrected chi connectivity index (χ3v) is 3.52. The first kappa shape index (κ1) is 11.9. The maximum absolute atomic E-state index is 6.02. The van der Waals surface area contributed by atoms with Gasteiger partial charge >= 0.3 is 0 Å². The molecule has 0 bridgehead atoms. The fourth-order valence-electron chi connectivity index (χ4n) is 1.28. The van der Waals surface area contributed by atoms with Crippen LogP contribution in [0.1, 0.15) is 12.6 Å². The van der Waals surface area contributed by atoms with E-state index in [4.69, 9.17) is 27.7 Å². The smallest absolute Gasteiger partial charge is 0.169 e. The number of nitrogens with one attached hydrogen (secondary N) is 1. The first-order valence-electron chi connectivity index (χ1n) is 4.82. The second-order valence-corrected chi connectivity index (χ2v) is 5.49. The summed E-state index contributed by atoms with van der Waals surface area (Å²) < 4.78 is 6.48. The van der Waals surface area contributed by atoms with Crippen molar-refractivity contribution in [1.29, 1.82) is 0 Å². The van der Waals surface area contributed by atoms with E-state index in [1.165, 1.54) is 11.3 Å². The highest BCUT2D eigenvalue weighted by Crippen LogP contribution is 2.38. The number of halogens is 2. The third kappa shape index (κ3) is 2.58. The summed E-state index contributed by atoms with van der Waals surface area (Å²) >= 11 is 13.2. The molecule has 2 heterocycles. The highest BCUT2D eigenvalue weighted by atomic mass is 35.5. The summed E-state index contributed by atoms with van der Waals surface area (Å²) in [7, 11) is 0. The zero-order chi connectivity index (χ0) is 11.5. The molecule has 0 saturated heterocycles. The summed E-state index contributed by atoms with van der Waals surface area (Å²) in [6.45, 7) is 3.62. The zero-order valence-electron chi connectivity index (χ0n) is 8.59. The SMILES string of the molecule is CCNCc1cc(-c2cc(Cl)sc2Cl)on1. The fourth-order valence-corrected chi connectivity index (χ4v) is 2.76. The van der Waals surface area contributed by atoms with Crippen molar-refractivity contribution in [2.24, 2.45) is 0 Å². The number of aromatic nitrogens is 1. The predicted octanol–water partition coefficient (Wildman–Crippen LogP) is 3.82. The van der Waals surface area contributed by atoms with E-state index in [0.29, 0.717) is 21.0 Å². The van der Waals surface area contributed by atoms with Gasteiger partial charge in [0.1, 0.15) is 4.34 Å². The Hall–Kier alpha value is -0.550. The molecule has 0 unspecified atom stereocenters. The summed E-state index contributed by atoms with van der Waals surface area (Å²) in [4.78, 5) is 0. The van der Waals surface area contributed by atoms with Gasteiger partial charge < -0.3 is 9.84 Å². The summed E-state index contributed by atoms with van der Waals surface area (Å²) in [6, 6.07) is 3.65. The van der Waals surface area contributed by atoms with Crippen LogP contribution < -0.4 is 5.32 Å². The Morgan fingerprint density at radius 3 is 2.88 bits per heavy atom. The van der Waals surface area contributed by atoms with Crippen molar-refractivity contribution in [2.75, 3.05) is 6.54 Å². The van der Waals surface area contributed by atoms with Crippen LogP contribution in [-0.2, 0) is 6.54 Å². The zero-order valence-corrected chi connectivity index (χ0v) is 10.9. The van der Waals surface area contributed by atoms with Crippen molar-refractivity contribution in [3.63, 3.8) is 0 Å². The van der Waals surface area contributed by atoms with Crippen LogP contribution in [0.2, 0.25) is 8.67 Å². The highest BCUT2D eigenvalue weighted by Gasteiger charge is 2.13. The largest absolute Gasteiger partial charge is 0.356 e. The summed E-state index contributed by atoms with van der Waals surface area (Å²) in [5.74, 6) is 0.654. The standard InChI is InChI=1S/C10H10Cl2N2OS/c1-2-13-5-6-3-8(15-14-6)7-4-9(11)16-10(7)12/h3-4,13H,2,5H2,1H3. The predicted molar refractivity (Wildman–Crippen MR) is 67.2 cm³/mol. The number of hydrogen-bond donors (Lipinski definition) is 1. The molecule has 2 rings (SSSR count). The quantitative estimate of drug-likeness (QED) is 0.923. The van der Waals surface area contributed by atoms with E-state index in [9.17, 15) is 0 Å². The van der Waals surface area contributed by atoms with Crippen molar-refractivity contribution in [1.82, 2.24) is 10.5 Å². The molecular formula is C10H10Cl2N2OS. The van der Waals surface area contributed by atoms with E-state index in [-0.39, 0.29) is 0 Å². The van der Waals surface area contributed by atoms with Crippen molar-refractivity contribution in [3.8, 4) is 11.3 Å². The van der Waals surface area contributed by atoms with Gasteiger partial charge in [0.15, 0.2) is 5.76 Å². The summed E-state index contributed by atoms with van der Waals surface area (Å²) in [5.41, 5.74) is 1.65. The molecule has 86 valence electrons. The molecule has 1 N–H and O–H groups in total. The van der Waals surface area contributed by atoms with Gasteiger partial charge in [0.2, 0.25) is 0 Å². The molecule has 0 aromatic carbocycles. The molecular weight excluding hydrogens is 267 g/mol. The van der Waals surface area contributed by atoms with Crippen molar-refractivity contribution >= 4 is 34.5 Å². The van der Waals surface area contributed by atoms with Crippen LogP contribution in [0.3, 0.4) is 0 Å². The van der Waals surface area contributed by atoms with Crippen LogP contribution in [0.25, 0.3) is 11.3 Å². The topological polar surface area (TPSA) is 38.1 Å².